The minimum Gasteiger partial charge on any atom is -0.543 e. The van der Waals surface area contributed by atoms with Crippen LogP contribution in [0.4, 0.5) is 0 Å². The van der Waals surface area contributed by atoms with Gasteiger partial charge in [0.05, 0.1) is 24.6 Å². The summed E-state index contributed by atoms with van der Waals surface area (Å²) in [6, 6.07) is 2.89. The van der Waals surface area contributed by atoms with Crippen LogP contribution in [0.5, 0.6) is 0 Å². The van der Waals surface area contributed by atoms with Gasteiger partial charge in [-0.3, -0.25) is 14.5 Å². The smallest absolute Gasteiger partial charge is 0.543 e. The predicted octanol–water partition coefficient (Wildman–Crippen LogP) is -2.99. The van der Waals surface area contributed by atoms with Gasteiger partial charge >= 0.3 is 29.6 Å². The molecule has 0 radical (unpaired) electrons. The third-order valence-corrected chi connectivity index (χ3v) is 6.01. The average Bonchev–Trinajstić information content (AvgIpc) is 3.09. The molecule has 1 saturated heterocycles. The first-order chi connectivity index (χ1) is 12.0. The second kappa shape index (κ2) is 8.94. The van der Waals surface area contributed by atoms with E-state index in [9.17, 15) is 19.5 Å². The fourth-order valence-corrected chi connectivity index (χ4v) is 4.74. The van der Waals surface area contributed by atoms with Crippen LogP contribution in [0, 0.1) is 0 Å². The summed E-state index contributed by atoms with van der Waals surface area (Å²) in [4.78, 5) is 40.4. The van der Waals surface area contributed by atoms with Gasteiger partial charge in [0.15, 0.2) is 0 Å². The van der Waals surface area contributed by atoms with Gasteiger partial charge in [0, 0.05) is 15.5 Å². The van der Waals surface area contributed by atoms with Crippen LogP contribution < -0.4 is 40.0 Å². The van der Waals surface area contributed by atoms with E-state index in [1.165, 1.54) is 23.1 Å². The Morgan fingerprint density at radius 1 is 1.50 bits per heavy atom. The average molecular weight is 401 g/mol. The van der Waals surface area contributed by atoms with Crippen LogP contribution in [0.1, 0.15) is 4.88 Å². The molecule has 1 fully saturated rings. The Labute approximate surface area is 178 Å². The molecule has 3 heterocycles. The van der Waals surface area contributed by atoms with E-state index < -0.39 is 23.3 Å². The van der Waals surface area contributed by atoms with Gasteiger partial charge in [-0.25, -0.2) is 0 Å². The molecule has 9 nitrogen and oxygen atoms in total. The zero-order valence-corrected chi connectivity index (χ0v) is 17.4. The molecule has 2 aliphatic rings. The molecule has 0 bridgehead atoms. The summed E-state index contributed by atoms with van der Waals surface area (Å²) in [6.45, 7) is -0.140. The number of hydrogen-bond acceptors (Lipinski definition) is 7. The molecule has 130 valence electrons. The molecule has 0 saturated carbocycles. The van der Waals surface area contributed by atoms with Gasteiger partial charge in [-0.2, -0.15) is 0 Å². The molecule has 1 aromatic rings. The minimum atomic E-state index is -1.50. The number of amides is 2. The summed E-state index contributed by atoms with van der Waals surface area (Å²) in [7, 11) is 0. The van der Waals surface area contributed by atoms with Crippen molar-refractivity contribution in [3.8, 4) is 0 Å². The number of thiophene rings is 1. The van der Waals surface area contributed by atoms with Crippen LogP contribution in [0.15, 0.2) is 33.9 Å². The number of azide groups is 1. The standard InChI is InChI=1S/C14H13N5O4S2.Na/c15-18-16-5-7-6-25-13-10(12(21)19(13)11(7)14(22)23)17-9(20)4-8-2-1-3-24-8;/h1-3,10,13H,4-6H2,(H,17,20)(H,22,23);/q;+1/p-1/t10-,13-;/m1./s1. The number of carbonyl (C=O) groups is 3. The number of thioether (sulfide) groups is 1. The van der Waals surface area contributed by atoms with Crippen LogP contribution >= 0.6 is 23.1 Å². The molecule has 1 N–H and O–H groups in total. The number of carboxylic acids is 1. The summed E-state index contributed by atoms with van der Waals surface area (Å²) >= 11 is 2.76. The molecule has 2 atom stereocenters. The maximum Gasteiger partial charge on any atom is 1.00 e. The largest absolute Gasteiger partial charge is 1.00 e. The van der Waals surface area contributed by atoms with Crippen molar-refractivity contribution < 1.29 is 49.0 Å². The van der Waals surface area contributed by atoms with Gasteiger partial charge in [0.2, 0.25) is 5.91 Å². The van der Waals surface area contributed by atoms with Crippen molar-refractivity contribution in [1.82, 2.24) is 10.2 Å². The Balaban J connectivity index is 0.00000243. The second-order valence-corrected chi connectivity index (χ2v) is 7.48. The summed E-state index contributed by atoms with van der Waals surface area (Å²) < 4.78 is 0. The van der Waals surface area contributed by atoms with Crippen molar-refractivity contribution in [1.29, 1.82) is 0 Å². The van der Waals surface area contributed by atoms with Crippen LogP contribution in [0.25, 0.3) is 10.4 Å². The minimum absolute atomic E-state index is 0. The van der Waals surface area contributed by atoms with E-state index in [1.54, 1.807) is 0 Å². The molecule has 26 heavy (non-hydrogen) atoms. The second-order valence-electron chi connectivity index (χ2n) is 5.34. The van der Waals surface area contributed by atoms with E-state index in [1.807, 2.05) is 17.5 Å². The number of nitrogens with zero attached hydrogens (tertiary/aromatic N) is 4. The van der Waals surface area contributed by atoms with Crippen molar-refractivity contribution in [2.24, 2.45) is 5.11 Å². The zero-order valence-electron chi connectivity index (χ0n) is 13.7. The first kappa shape index (κ1) is 20.8. The number of aliphatic carboxylic acids is 1. The maximum absolute atomic E-state index is 12.3. The number of nitrogens with one attached hydrogen (secondary N) is 1. The van der Waals surface area contributed by atoms with Gasteiger partial charge in [-0.1, -0.05) is 11.2 Å². The van der Waals surface area contributed by atoms with Crippen LogP contribution in [0.2, 0.25) is 0 Å². The summed E-state index contributed by atoms with van der Waals surface area (Å²) in [5.41, 5.74) is 8.46. The molecule has 0 spiro atoms. The third-order valence-electron chi connectivity index (χ3n) is 3.80. The summed E-state index contributed by atoms with van der Waals surface area (Å²) in [5, 5.41) is 18.8. The van der Waals surface area contributed by atoms with Crippen molar-refractivity contribution >= 4 is 40.9 Å². The number of hydrogen-bond donors (Lipinski definition) is 1. The Morgan fingerprint density at radius 2 is 2.27 bits per heavy atom. The molecule has 1 aromatic heterocycles. The van der Waals surface area contributed by atoms with E-state index in [2.05, 4.69) is 15.3 Å². The molecule has 0 unspecified atom stereocenters. The van der Waals surface area contributed by atoms with E-state index >= 15 is 0 Å². The van der Waals surface area contributed by atoms with E-state index in [0.717, 1.165) is 9.78 Å². The van der Waals surface area contributed by atoms with Gasteiger partial charge < -0.3 is 15.2 Å². The van der Waals surface area contributed by atoms with Crippen molar-refractivity contribution in [2.45, 2.75) is 17.8 Å². The summed E-state index contributed by atoms with van der Waals surface area (Å²) in [6.07, 6.45) is 0.171. The first-order valence-corrected chi connectivity index (χ1v) is 9.16. The third kappa shape index (κ3) is 4.08. The topological polar surface area (TPSA) is 138 Å². The number of fused-ring (bicyclic) bond motifs is 1. The van der Waals surface area contributed by atoms with Gasteiger partial charge in [0.25, 0.3) is 5.91 Å². The van der Waals surface area contributed by atoms with E-state index in [4.69, 9.17) is 5.53 Å². The molecule has 3 rings (SSSR count). The molecule has 12 heteroatoms. The SMILES string of the molecule is [N-]=[N+]=NCC1=C(C(=O)[O-])N2C(=O)[C@@H](NC(=O)Cc3cccs3)[C@H]2SC1.[Na+]. The Hall–Kier alpha value is -1.49. The first-order valence-electron chi connectivity index (χ1n) is 7.23. The van der Waals surface area contributed by atoms with Crippen LogP contribution in [-0.4, -0.2) is 46.4 Å². The monoisotopic (exact) mass is 401 g/mol. The number of carboxylic acid groups (broad SMARTS) is 1. The van der Waals surface area contributed by atoms with Gasteiger partial charge in [0.1, 0.15) is 11.4 Å². The molecule has 0 aliphatic carbocycles. The molecule has 2 aliphatic heterocycles. The zero-order chi connectivity index (χ0) is 18.0. The summed E-state index contributed by atoms with van der Waals surface area (Å²) in [5.74, 6) is -2.01. The van der Waals surface area contributed by atoms with Gasteiger partial charge in [-0.05, 0) is 22.6 Å². The number of carbonyl (C=O) groups excluding carboxylic acids is 3. The van der Waals surface area contributed by atoms with Crippen LogP contribution in [0.3, 0.4) is 0 Å². The van der Waals surface area contributed by atoms with Crippen molar-refractivity contribution in [3.05, 3.63) is 44.1 Å². The molecule has 0 aromatic carbocycles. The number of β-lactam (4-membered cyclic amide) rings is 1. The maximum atomic E-state index is 12.3. The van der Waals surface area contributed by atoms with E-state index in [0.29, 0.717) is 5.57 Å². The molecular weight excluding hydrogens is 389 g/mol. The molecular formula is C14H12N5NaO4S2. The Bertz CT molecular complexity index is 806. The molecule has 2 amide bonds. The fraction of sp³-hybridized carbons (Fsp3) is 0.357. The predicted molar refractivity (Wildman–Crippen MR) is 89.1 cm³/mol. The Morgan fingerprint density at radius 3 is 2.88 bits per heavy atom. The quantitative estimate of drug-likeness (QED) is 0.178. The normalized spacial score (nSPS) is 21.1. The van der Waals surface area contributed by atoms with Gasteiger partial charge in [-0.15, -0.1) is 23.1 Å². The van der Waals surface area contributed by atoms with Crippen molar-refractivity contribution in [2.75, 3.05) is 12.3 Å². The van der Waals surface area contributed by atoms with Crippen molar-refractivity contribution in [3.63, 3.8) is 0 Å². The number of rotatable bonds is 6. The van der Waals surface area contributed by atoms with Crippen LogP contribution in [-0.2, 0) is 20.8 Å². The fourth-order valence-electron chi connectivity index (χ4n) is 2.71. The van der Waals surface area contributed by atoms with E-state index in [-0.39, 0.29) is 59.9 Å². The Kier molecular flexibility index (Phi) is 7.16.